The zero-order valence-electron chi connectivity index (χ0n) is 13.7. The van der Waals surface area contributed by atoms with Gasteiger partial charge in [-0.2, -0.15) is 0 Å². The van der Waals surface area contributed by atoms with Crippen LogP contribution >= 0.6 is 12.6 Å². The molecule has 0 radical (unpaired) electrons. The van der Waals surface area contributed by atoms with E-state index in [1.54, 1.807) is 24.3 Å². The lowest BCUT2D eigenvalue weighted by molar-refractivity contribution is 0.0697. The number of hydrogen-bond acceptors (Lipinski definition) is 2. The Bertz CT molecular complexity index is 1040. The van der Waals surface area contributed by atoms with Gasteiger partial charge in [0.2, 0.25) is 0 Å². The standard InChI is InChI=1S/C23H14O2S/c24-23(25)21-13-9-19(10-14-21)7-5-17-1-3-18(4-2-17)6-8-20-11-15-22(26)16-12-20/h1-4,9-16,26H,(H,24,25). The van der Waals surface area contributed by atoms with Crippen LogP contribution in [0, 0.1) is 23.7 Å². The number of carboxylic acid groups (broad SMARTS) is 1. The third-order valence-corrected chi connectivity index (χ3v) is 3.88. The van der Waals surface area contributed by atoms with Crippen LogP contribution in [0.5, 0.6) is 0 Å². The average Bonchev–Trinajstić information content (AvgIpc) is 2.67. The minimum Gasteiger partial charge on any atom is -0.478 e. The van der Waals surface area contributed by atoms with Crippen molar-refractivity contribution in [1.29, 1.82) is 0 Å². The Morgan fingerprint density at radius 1 is 0.615 bits per heavy atom. The lowest BCUT2D eigenvalue weighted by Crippen LogP contribution is -1.94. The van der Waals surface area contributed by atoms with Gasteiger partial charge in [-0.1, -0.05) is 23.7 Å². The minimum atomic E-state index is -0.942. The summed E-state index contributed by atoms with van der Waals surface area (Å²) in [5, 5.41) is 8.89. The molecule has 3 aromatic carbocycles. The van der Waals surface area contributed by atoms with E-state index in [4.69, 9.17) is 5.11 Å². The van der Waals surface area contributed by atoms with Crippen LogP contribution < -0.4 is 0 Å². The predicted octanol–water partition coefficient (Wildman–Crippen LogP) is 4.47. The molecule has 0 atom stereocenters. The van der Waals surface area contributed by atoms with Gasteiger partial charge in [-0.3, -0.25) is 0 Å². The number of benzene rings is 3. The van der Waals surface area contributed by atoms with Gasteiger partial charge >= 0.3 is 5.97 Å². The Morgan fingerprint density at radius 2 is 0.923 bits per heavy atom. The fourth-order valence-corrected chi connectivity index (χ4v) is 2.32. The van der Waals surface area contributed by atoms with E-state index in [1.165, 1.54) is 0 Å². The molecule has 0 saturated heterocycles. The summed E-state index contributed by atoms with van der Waals surface area (Å²) in [5.74, 6) is 11.4. The molecule has 3 aromatic rings. The fourth-order valence-electron chi connectivity index (χ4n) is 2.17. The first kappa shape index (κ1) is 17.4. The predicted molar refractivity (Wildman–Crippen MR) is 105 cm³/mol. The third kappa shape index (κ3) is 4.80. The van der Waals surface area contributed by atoms with Crippen LogP contribution in [0.4, 0.5) is 0 Å². The summed E-state index contributed by atoms with van der Waals surface area (Å²) >= 11 is 4.25. The largest absolute Gasteiger partial charge is 0.478 e. The minimum absolute atomic E-state index is 0.252. The Morgan fingerprint density at radius 3 is 1.27 bits per heavy atom. The normalized spacial score (nSPS) is 9.42. The summed E-state index contributed by atoms with van der Waals surface area (Å²) in [6.45, 7) is 0. The van der Waals surface area contributed by atoms with Gasteiger partial charge in [-0.25, -0.2) is 4.79 Å². The molecule has 0 bridgehead atoms. The third-order valence-electron chi connectivity index (χ3n) is 3.59. The zero-order chi connectivity index (χ0) is 18.4. The van der Waals surface area contributed by atoms with Crippen molar-refractivity contribution in [3.8, 4) is 23.7 Å². The highest BCUT2D eigenvalue weighted by atomic mass is 32.1. The summed E-state index contributed by atoms with van der Waals surface area (Å²) in [7, 11) is 0. The van der Waals surface area contributed by atoms with Crippen LogP contribution in [0.25, 0.3) is 0 Å². The SMILES string of the molecule is O=C(O)c1ccc(C#Cc2ccc(C#Cc3ccc(S)cc3)cc2)cc1. The van der Waals surface area contributed by atoms with Gasteiger partial charge < -0.3 is 5.11 Å². The van der Waals surface area contributed by atoms with Gasteiger partial charge in [0.15, 0.2) is 0 Å². The van der Waals surface area contributed by atoms with Crippen LogP contribution in [0.3, 0.4) is 0 Å². The summed E-state index contributed by atoms with van der Waals surface area (Å²) in [4.78, 5) is 11.7. The van der Waals surface area contributed by atoms with Crippen molar-refractivity contribution in [2.24, 2.45) is 0 Å². The molecule has 0 amide bonds. The number of aromatic carboxylic acids is 1. The number of carbonyl (C=O) groups is 1. The molecule has 0 aromatic heterocycles. The topological polar surface area (TPSA) is 37.3 Å². The highest BCUT2D eigenvalue weighted by molar-refractivity contribution is 7.80. The van der Waals surface area contributed by atoms with Crippen molar-refractivity contribution in [3.63, 3.8) is 0 Å². The number of carboxylic acids is 1. The van der Waals surface area contributed by atoms with E-state index in [0.29, 0.717) is 0 Å². The van der Waals surface area contributed by atoms with Crippen molar-refractivity contribution in [1.82, 2.24) is 0 Å². The van der Waals surface area contributed by atoms with E-state index in [9.17, 15) is 4.79 Å². The van der Waals surface area contributed by atoms with Gasteiger partial charge in [0.25, 0.3) is 0 Å². The highest BCUT2D eigenvalue weighted by Crippen LogP contribution is 2.08. The molecule has 0 aliphatic heterocycles. The van der Waals surface area contributed by atoms with Crippen LogP contribution in [-0.4, -0.2) is 11.1 Å². The maximum Gasteiger partial charge on any atom is 0.335 e. The van der Waals surface area contributed by atoms with Gasteiger partial charge in [-0.05, 0) is 72.8 Å². The smallest absolute Gasteiger partial charge is 0.335 e. The molecule has 0 fully saturated rings. The monoisotopic (exact) mass is 354 g/mol. The quantitative estimate of drug-likeness (QED) is 0.500. The second-order valence-electron chi connectivity index (χ2n) is 5.51. The summed E-state index contributed by atoms with van der Waals surface area (Å²) in [5.41, 5.74) is 3.75. The second kappa shape index (κ2) is 8.12. The van der Waals surface area contributed by atoms with E-state index in [2.05, 4.69) is 36.3 Å². The molecular formula is C23H14O2S. The van der Waals surface area contributed by atoms with Crippen LogP contribution in [-0.2, 0) is 0 Å². The summed E-state index contributed by atoms with van der Waals surface area (Å²) in [6.07, 6.45) is 0. The molecule has 0 unspecified atom stereocenters. The van der Waals surface area contributed by atoms with Crippen molar-refractivity contribution >= 4 is 18.6 Å². The number of hydrogen-bond donors (Lipinski definition) is 2. The molecular weight excluding hydrogens is 340 g/mol. The number of thiol groups is 1. The summed E-state index contributed by atoms with van der Waals surface area (Å²) < 4.78 is 0. The molecule has 0 saturated carbocycles. The molecule has 3 rings (SSSR count). The van der Waals surface area contributed by atoms with Gasteiger partial charge in [0.1, 0.15) is 0 Å². The van der Waals surface area contributed by atoms with Gasteiger partial charge in [0, 0.05) is 27.1 Å². The Balaban J connectivity index is 1.70. The molecule has 3 heteroatoms. The number of rotatable bonds is 1. The maximum atomic E-state index is 10.8. The van der Waals surface area contributed by atoms with Crippen molar-refractivity contribution in [2.75, 3.05) is 0 Å². The molecule has 0 aliphatic rings. The van der Waals surface area contributed by atoms with Crippen molar-refractivity contribution < 1.29 is 9.90 Å². The average molecular weight is 354 g/mol. The van der Waals surface area contributed by atoms with Crippen molar-refractivity contribution in [2.45, 2.75) is 4.90 Å². The fraction of sp³-hybridized carbons (Fsp3) is 0. The van der Waals surface area contributed by atoms with Gasteiger partial charge in [0.05, 0.1) is 5.56 Å². The zero-order valence-corrected chi connectivity index (χ0v) is 14.6. The Labute approximate surface area is 157 Å². The molecule has 2 nitrogen and oxygen atoms in total. The Kier molecular flexibility index (Phi) is 5.44. The lowest BCUT2D eigenvalue weighted by atomic mass is 10.1. The molecule has 0 heterocycles. The highest BCUT2D eigenvalue weighted by Gasteiger charge is 2.00. The molecule has 0 spiro atoms. The molecule has 0 aliphatic carbocycles. The Hall–Kier alpha value is -3.40. The van der Waals surface area contributed by atoms with E-state index in [0.717, 1.165) is 27.1 Å². The van der Waals surface area contributed by atoms with E-state index >= 15 is 0 Å². The molecule has 1 N–H and O–H groups in total. The first-order valence-electron chi connectivity index (χ1n) is 7.87. The summed E-state index contributed by atoms with van der Waals surface area (Å²) in [6, 6.07) is 21.9. The van der Waals surface area contributed by atoms with Crippen molar-refractivity contribution in [3.05, 3.63) is 101 Å². The molecule has 124 valence electrons. The van der Waals surface area contributed by atoms with E-state index < -0.39 is 5.97 Å². The first-order chi connectivity index (χ1) is 12.6. The molecule has 26 heavy (non-hydrogen) atoms. The van der Waals surface area contributed by atoms with Crippen LogP contribution in [0.1, 0.15) is 32.6 Å². The second-order valence-corrected chi connectivity index (χ2v) is 6.02. The van der Waals surface area contributed by atoms with Gasteiger partial charge in [-0.15, -0.1) is 12.6 Å². The van der Waals surface area contributed by atoms with E-state index in [-0.39, 0.29) is 5.56 Å². The lowest BCUT2D eigenvalue weighted by Gasteiger charge is -1.95. The first-order valence-corrected chi connectivity index (χ1v) is 8.31. The van der Waals surface area contributed by atoms with Crippen LogP contribution in [0.2, 0.25) is 0 Å². The van der Waals surface area contributed by atoms with Crippen LogP contribution in [0.15, 0.2) is 77.7 Å². The maximum absolute atomic E-state index is 10.8. The van der Waals surface area contributed by atoms with E-state index in [1.807, 2.05) is 48.5 Å².